The van der Waals surface area contributed by atoms with E-state index in [0.717, 1.165) is 16.8 Å². The Kier molecular flexibility index (Phi) is 5.74. The molecule has 0 spiro atoms. The number of nitrogens with two attached hydrogens (primary N) is 1. The maximum Gasteiger partial charge on any atom is 0.488 e. The van der Waals surface area contributed by atoms with Crippen molar-refractivity contribution in [2.75, 3.05) is 11.9 Å². The number of carbonyl (C=O) groups excluding carboxylic acids is 1. The van der Waals surface area contributed by atoms with Gasteiger partial charge in [0.15, 0.2) is 5.82 Å². The maximum atomic E-state index is 11.9. The first kappa shape index (κ1) is 22.0. The van der Waals surface area contributed by atoms with Gasteiger partial charge in [-0.15, -0.1) is 0 Å². The minimum absolute atomic E-state index is 0.326. The molecule has 1 aliphatic heterocycles. The third kappa shape index (κ3) is 4.00. The molecule has 4 aromatic rings. The number of ether oxygens (including phenoxy) is 1. The van der Waals surface area contributed by atoms with Gasteiger partial charge in [-0.25, -0.2) is 15.0 Å². The molecule has 0 fully saturated rings. The summed E-state index contributed by atoms with van der Waals surface area (Å²) in [7, 11) is -1.53. The summed E-state index contributed by atoms with van der Waals surface area (Å²) >= 11 is 0. The first-order valence-corrected chi connectivity index (χ1v) is 10.9. The third-order valence-electron chi connectivity index (χ3n) is 5.83. The lowest BCUT2D eigenvalue weighted by Gasteiger charge is -2.20. The fraction of sp³-hybridized carbons (Fsp3) is 0.217. The van der Waals surface area contributed by atoms with Crippen molar-refractivity contribution in [1.82, 2.24) is 19.4 Å². The summed E-state index contributed by atoms with van der Waals surface area (Å²) in [4.78, 5) is 26.1. The lowest BCUT2D eigenvalue weighted by molar-refractivity contribution is 0.100. The topological polar surface area (TPSA) is 148 Å². The molecule has 0 saturated carbocycles. The summed E-state index contributed by atoms with van der Waals surface area (Å²) < 4.78 is 7.43. The van der Waals surface area contributed by atoms with Gasteiger partial charge in [0.2, 0.25) is 0 Å². The first-order chi connectivity index (χ1) is 16.4. The van der Waals surface area contributed by atoms with Gasteiger partial charge in [-0.05, 0) is 30.1 Å². The smallest absolute Gasteiger partial charge is 0.423 e. The van der Waals surface area contributed by atoms with Gasteiger partial charge in [0.1, 0.15) is 17.2 Å². The fourth-order valence-corrected chi connectivity index (χ4v) is 4.18. The number of nitrogens with zero attached hydrogens (tertiary/aromatic N) is 4. The number of imidazole rings is 1. The molecule has 3 aromatic heterocycles. The summed E-state index contributed by atoms with van der Waals surface area (Å²) in [5.41, 5.74) is 10.7. The summed E-state index contributed by atoms with van der Waals surface area (Å²) in [5, 5.41) is 22.3. The van der Waals surface area contributed by atoms with E-state index < -0.39 is 13.0 Å². The van der Waals surface area contributed by atoms with Crippen LogP contribution in [0.3, 0.4) is 0 Å². The number of benzene rings is 1. The minimum Gasteiger partial charge on any atom is -0.423 e. The van der Waals surface area contributed by atoms with Crippen LogP contribution in [-0.4, -0.2) is 49.0 Å². The number of anilines is 1. The Labute approximate surface area is 195 Å². The van der Waals surface area contributed by atoms with Gasteiger partial charge < -0.3 is 25.8 Å². The highest BCUT2D eigenvalue weighted by Crippen LogP contribution is 2.29. The molecular formula is C23H23BN6O4. The normalized spacial score (nSPS) is 13.0. The van der Waals surface area contributed by atoms with Crippen molar-refractivity contribution >= 4 is 30.0 Å². The SMILES string of the molecule is Cc1nc2c(C(N)=O)cccn2c1-c1nc2c(c(NCc3cccc(B(O)O)c3)n1)COCC2. The van der Waals surface area contributed by atoms with Crippen LogP contribution < -0.4 is 16.5 Å². The van der Waals surface area contributed by atoms with Crippen LogP contribution in [0, 0.1) is 6.92 Å². The number of aryl methyl sites for hydroxylation is 1. The molecule has 10 nitrogen and oxygen atoms in total. The van der Waals surface area contributed by atoms with E-state index in [9.17, 15) is 14.8 Å². The molecule has 0 unspecified atom stereocenters. The van der Waals surface area contributed by atoms with E-state index in [-0.39, 0.29) is 0 Å². The van der Waals surface area contributed by atoms with E-state index in [0.29, 0.717) is 65.9 Å². The number of rotatable bonds is 6. The highest BCUT2D eigenvalue weighted by molar-refractivity contribution is 6.58. The Morgan fingerprint density at radius 1 is 1.24 bits per heavy atom. The number of pyridine rings is 1. The molecular weight excluding hydrogens is 435 g/mol. The van der Waals surface area contributed by atoms with Crippen LogP contribution in [0.25, 0.3) is 17.2 Å². The van der Waals surface area contributed by atoms with Crippen molar-refractivity contribution in [3.05, 3.63) is 70.7 Å². The summed E-state index contributed by atoms with van der Waals surface area (Å²) in [6, 6.07) is 10.4. The molecule has 0 bridgehead atoms. The zero-order valence-corrected chi connectivity index (χ0v) is 18.5. The summed E-state index contributed by atoms with van der Waals surface area (Å²) in [5.74, 6) is 0.563. The van der Waals surface area contributed by atoms with E-state index in [1.54, 1.807) is 34.7 Å². The number of aromatic nitrogens is 4. The Morgan fingerprint density at radius 2 is 2.09 bits per heavy atom. The van der Waals surface area contributed by atoms with Gasteiger partial charge in [0.05, 0.1) is 30.2 Å². The second-order valence-corrected chi connectivity index (χ2v) is 8.12. The Balaban J connectivity index is 1.57. The van der Waals surface area contributed by atoms with Gasteiger partial charge >= 0.3 is 7.12 Å². The highest BCUT2D eigenvalue weighted by Gasteiger charge is 2.23. The number of fused-ring (bicyclic) bond motifs is 2. The Bertz CT molecular complexity index is 1400. The molecule has 34 heavy (non-hydrogen) atoms. The molecule has 11 heteroatoms. The highest BCUT2D eigenvalue weighted by atomic mass is 16.5. The van der Waals surface area contributed by atoms with Gasteiger partial charge in [0, 0.05) is 24.7 Å². The van der Waals surface area contributed by atoms with E-state index in [1.165, 1.54) is 0 Å². The van der Waals surface area contributed by atoms with Crippen LogP contribution in [0.15, 0.2) is 42.6 Å². The summed E-state index contributed by atoms with van der Waals surface area (Å²) in [6.07, 6.45) is 2.45. The van der Waals surface area contributed by atoms with Gasteiger partial charge in [-0.2, -0.15) is 0 Å². The van der Waals surface area contributed by atoms with Crippen LogP contribution in [0.1, 0.15) is 32.9 Å². The number of hydrogen-bond donors (Lipinski definition) is 4. The van der Waals surface area contributed by atoms with Crippen molar-refractivity contribution < 1.29 is 19.6 Å². The number of nitrogens with one attached hydrogen (secondary N) is 1. The molecule has 1 aliphatic rings. The molecule has 5 rings (SSSR count). The molecule has 1 aromatic carbocycles. The predicted molar refractivity (Wildman–Crippen MR) is 126 cm³/mol. The van der Waals surface area contributed by atoms with Gasteiger partial charge in [0.25, 0.3) is 5.91 Å². The van der Waals surface area contributed by atoms with Crippen molar-refractivity contribution in [3.63, 3.8) is 0 Å². The quantitative estimate of drug-likeness (QED) is 0.307. The molecule has 1 amide bonds. The van der Waals surface area contributed by atoms with Crippen LogP contribution in [0.2, 0.25) is 0 Å². The van der Waals surface area contributed by atoms with Crippen molar-refractivity contribution in [3.8, 4) is 11.5 Å². The first-order valence-electron chi connectivity index (χ1n) is 10.9. The van der Waals surface area contributed by atoms with Crippen molar-refractivity contribution in [2.45, 2.75) is 26.5 Å². The molecule has 172 valence electrons. The lowest BCUT2D eigenvalue weighted by Crippen LogP contribution is -2.30. The van der Waals surface area contributed by atoms with Crippen LogP contribution in [0.5, 0.6) is 0 Å². The number of carbonyl (C=O) groups is 1. The third-order valence-corrected chi connectivity index (χ3v) is 5.83. The summed E-state index contributed by atoms with van der Waals surface area (Å²) in [6.45, 7) is 3.22. The van der Waals surface area contributed by atoms with E-state index in [1.807, 2.05) is 19.2 Å². The molecule has 4 heterocycles. The Hall–Kier alpha value is -3.80. The number of primary amides is 1. The zero-order valence-electron chi connectivity index (χ0n) is 18.5. The van der Waals surface area contributed by atoms with Crippen LogP contribution in [0.4, 0.5) is 5.82 Å². The predicted octanol–water partition coefficient (Wildman–Crippen LogP) is 0.563. The minimum atomic E-state index is -1.53. The van der Waals surface area contributed by atoms with Gasteiger partial charge in [-0.1, -0.05) is 24.3 Å². The molecule has 0 radical (unpaired) electrons. The van der Waals surface area contributed by atoms with Crippen LogP contribution >= 0.6 is 0 Å². The molecule has 0 saturated heterocycles. The largest absolute Gasteiger partial charge is 0.488 e. The average Bonchev–Trinajstić information content (AvgIpc) is 3.18. The van der Waals surface area contributed by atoms with Gasteiger partial charge in [-0.3, -0.25) is 9.20 Å². The monoisotopic (exact) mass is 458 g/mol. The lowest BCUT2D eigenvalue weighted by atomic mass is 9.79. The number of amides is 1. The van der Waals surface area contributed by atoms with E-state index in [4.69, 9.17) is 20.4 Å². The Morgan fingerprint density at radius 3 is 2.88 bits per heavy atom. The van der Waals surface area contributed by atoms with Crippen LogP contribution in [-0.2, 0) is 24.3 Å². The average molecular weight is 458 g/mol. The second-order valence-electron chi connectivity index (χ2n) is 8.12. The zero-order chi connectivity index (χ0) is 23.8. The maximum absolute atomic E-state index is 11.9. The van der Waals surface area contributed by atoms with E-state index in [2.05, 4.69) is 10.3 Å². The molecule has 0 aliphatic carbocycles. The fourth-order valence-electron chi connectivity index (χ4n) is 4.18. The number of hydrogen-bond acceptors (Lipinski definition) is 8. The van der Waals surface area contributed by atoms with Crippen molar-refractivity contribution in [2.24, 2.45) is 5.73 Å². The second kappa shape index (κ2) is 8.86. The molecule has 0 atom stereocenters. The van der Waals surface area contributed by atoms with Crippen molar-refractivity contribution in [1.29, 1.82) is 0 Å². The molecule has 5 N–H and O–H groups in total. The van der Waals surface area contributed by atoms with E-state index >= 15 is 0 Å². The standard InChI is InChI=1S/C23H23BN6O4/c1-13-19(30-8-3-6-16(20(25)31)23(30)27-13)22-28-18-7-9-34-12-17(18)21(29-22)26-11-14-4-2-5-15(10-14)24(32)33/h2-6,8,10,32-33H,7,9,11-12H2,1H3,(H2,25,31)(H,26,28,29).